The number of aromatic nitrogens is 1. The summed E-state index contributed by atoms with van der Waals surface area (Å²) in [6, 6.07) is 13.8. The number of nitrogen functional groups attached to an aromatic ring is 1. The smallest absolute Gasteiger partial charge is 0.267 e. The second-order valence-corrected chi connectivity index (χ2v) is 7.55. The molecule has 0 atom stereocenters. The van der Waals surface area contributed by atoms with Crippen molar-refractivity contribution in [2.75, 3.05) is 11.1 Å². The predicted molar refractivity (Wildman–Crippen MR) is 110 cm³/mol. The second-order valence-electron chi connectivity index (χ2n) is 6.18. The van der Waals surface area contributed by atoms with Crippen LogP contribution in [0.1, 0.15) is 20.9 Å². The number of aryl methyl sites for hydroxylation is 2. The molecule has 1 amide bonds. The van der Waals surface area contributed by atoms with Gasteiger partial charge in [0, 0.05) is 11.1 Å². The molecule has 0 aliphatic carbocycles. The number of nitrogens with zero attached hydrogens (tertiary/aromatic N) is 1. The number of anilines is 2. The van der Waals surface area contributed by atoms with Crippen molar-refractivity contribution >= 4 is 61.2 Å². The van der Waals surface area contributed by atoms with Crippen molar-refractivity contribution in [1.82, 2.24) is 4.98 Å². The van der Waals surface area contributed by atoms with Gasteiger partial charge in [-0.25, -0.2) is 4.98 Å². The van der Waals surface area contributed by atoms with Gasteiger partial charge < -0.3 is 11.1 Å². The molecule has 0 saturated heterocycles. The van der Waals surface area contributed by atoms with E-state index in [-0.39, 0.29) is 5.91 Å². The largest absolute Gasteiger partial charge is 0.397 e. The number of nitrogens with two attached hydrogens (primary N) is 1. The number of carbonyl (C=O) groups is 1. The van der Waals surface area contributed by atoms with Gasteiger partial charge >= 0.3 is 0 Å². The van der Waals surface area contributed by atoms with Crippen LogP contribution in [0.15, 0.2) is 42.5 Å². The van der Waals surface area contributed by atoms with E-state index < -0.39 is 0 Å². The fourth-order valence-electron chi connectivity index (χ4n) is 3.08. The van der Waals surface area contributed by atoms with Gasteiger partial charge in [-0.05, 0) is 42.3 Å². The van der Waals surface area contributed by atoms with Crippen LogP contribution in [-0.4, -0.2) is 10.9 Å². The Hall–Kier alpha value is -2.63. The summed E-state index contributed by atoms with van der Waals surface area (Å²) >= 11 is 7.57. The molecule has 6 heteroatoms. The Morgan fingerprint density at radius 2 is 1.88 bits per heavy atom. The summed E-state index contributed by atoms with van der Waals surface area (Å²) in [5.41, 5.74) is 9.00. The Morgan fingerprint density at radius 3 is 2.65 bits per heavy atom. The van der Waals surface area contributed by atoms with E-state index in [0.29, 0.717) is 15.6 Å². The molecule has 0 fully saturated rings. The van der Waals surface area contributed by atoms with Gasteiger partial charge in [0.15, 0.2) is 0 Å². The minimum atomic E-state index is -0.242. The van der Waals surface area contributed by atoms with Gasteiger partial charge in [-0.3, -0.25) is 4.79 Å². The van der Waals surface area contributed by atoms with Gasteiger partial charge in [0.25, 0.3) is 5.91 Å². The second kappa shape index (κ2) is 6.27. The maximum absolute atomic E-state index is 12.8. The molecule has 3 N–H and O–H groups in total. The fourth-order valence-corrected chi connectivity index (χ4v) is 4.31. The first-order chi connectivity index (χ1) is 12.5. The van der Waals surface area contributed by atoms with Crippen LogP contribution in [-0.2, 0) is 0 Å². The number of thiophene rings is 1. The SMILES string of the molecule is Cc1nc2sc(C(=O)Nc3ccc4ccccc4c3)c(N)c2c(C)c1Cl. The molecular weight excluding hydrogens is 366 g/mol. The molecule has 130 valence electrons. The lowest BCUT2D eigenvalue weighted by molar-refractivity contribution is 0.103. The average molecular weight is 382 g/mol. The number of fused-ring (bicyclic) bond motifs is 2. The minimum Gasteiger partial charge on any atom is -0.397 e. The van der Waals surface area contributed by atoms with Crippen molar-refractivity contribution in [3.8, 4) is 0 Å². The van der Waals surface area contributed by atoms with E-state index in [4.69, 9.17) is 17.3 Å². The quantitative estimate of drug-likeness (QED) is 0.478. The first-order valence-corrected chi connectivity index (χ1v) is 9.30. The lowest BCUT2D eigenvalue weighted by atomic mass is 10.1. The van der Waals surface area contributed by atoms with Crippen LogP contribution in [0.25, 0.3) is 21.0 Å². The highest BCUT2D eigenvalue weighted by molar-refractivity contribution is 7.21. The third-order valence-electron chi connectivity index (χ3n) is 4.43. The van der Waals surface area contributed by atoms with Gasteiger partial charge in [-0.2, -0.15) is 0 Å². The highest BCUT2D eigenvalue weighted by Crippen LogP contribution is 2.38. The Morgan fingerprint density at radius 1 is 1.15 bits per heavy atom. The molecule has 0 unspecified atom stereocenters. The Labute approximate surface area is 159 Å². The molecule has 4 aromatic rings. The van der Waals surface area contributed by atoms with Crippen LogP contribution in [0.2, 0.25) is 5.02 Å². The average Bonchev–Trinajstić information content (AvgIpc) is 2.96. The molecule has 4 rings (SSSR count). The molecule has 0 aliphatic heterocycles. The number of hydrogen-bond acceptors (Lipinski definition) is 4. The Balaban J connectivity index is 1.73. The number of rotatable bonds is 2. The zero-order valence-electron chi connectivity index (χ0n) is 14.3. The Kier molecular flexibility index (Phi) is 4.05. The van der Waals surface area contributed by atoms with Crippen molar-refractivity contribution in [3.63, 3.8) is 0 Å². The lowest BCUT2D eigenvalue weighted by Crippen LogP contribution is -2.11. The molecule has 0 saturated carbocycles. The maximum atomic E-state index is 12.8. The molecule has 0 aliphatic rings. The summed E-state index contributed by atoms with van der Waals surface area (Å²) < 4.78 is 0. The van der Waals surface area contributed by atoms with Gasteiger partial charge in [0.1, 0.15) is 9.71 Å². The van der Waals surface area contributed by atoms with E-state index in [9.17, 15) is 4.79 Å². The van der Waals surface area contributed by atoms with E-state index in [1.54, 1.807) is 0 Å². The molecule has 4 nitrogen and oxygen atoms in total. The van der Waals surface area contributed by atoms with Crippen LogP contribution in [0.3, 0.4) is 0 Å². The Bertz CT molecular complexity index is 1180. The third kappa shape index (κ3) is 2.69. The molecule has 26 heavy (non-hydrogen) atoms. The van der Waals surface area contributed by atoms with E-state index in [0.717, 1.165) is 37.9 Å². The van der Waals surface area contributed by atoms with Crippen LogP contribution in [0.4, 0.5) is 11.4 Å². The molecule has 0 radical (unpaired) electrons. The van der Waals surface area contributed by atoms with Crippen LogP contribution in [0.5, 0.6) is 0 Å². The van der Waals surface area contributed by atoms with E-state index >= 15 is 0 Å². The number of halogens is 1. The highest BCUT2D eigenvalue weighted by Gasteiger charge is 2.21. The predicted octanol–water partition coefficient (Wildman–Crippen LogP) is 5.55. The molecule has 0 spiro atoms. The van der Waals surface area contributed by atoms with E-state index in [1.807, 2.05) is 56.3 Å². The van der Waals surface area contributed by atoms with E-state index in [1.165, 1.54) is 11.3 Å². The zero-order chi connectivity index (χ0) is 18.4. The van der Waals surface area contributed by atoms with E-state index in [2.05, 4.69) is 10.3 Å². The number of amides is 1. The standard InChI is InChI=1S/C20H16ClN3OS/c1-10-15-17(22)18(26-20(15)23-11(2)16(10)21)19(25)24-14-8-7-12-5-3-4-6-13(12)9-14/h3-9H,22H2,1-2H3,(H,24,25). The number of nitrogens with one attached hydrogen (secondary N) is 1. The summed E-state index contributed by atoms with van der Waals surface area (Å²) in [7, 11) is 0. The van der Waals surface area contributed by atoms with Gasteiger partial charge in [-0.15, -0.1) is 11.3 Å². The first kappa shape index (κ1) is 16.8. The first-order valence-electron chi connectivity index (χ1n) is 8.10. The summed E-state index contributed by atoms with van der Waals surface area (Å²) in [6.07, 6.45) is 0. The normalized spacial score (nSPS) is 11.2. The van der Waals surface area contributed by atoms with Crippen molar-refractivity contribution in [1.29, 1.82) is 0 Å². The topological polar surface area (TPSA) is 68.0 Å². The summed E-state index contributed by atoms with van der Waals surface area (Å²) in [5, 5.41) is 6.46. The third-order valence-corrected chi connectivity index (χ3v) is 6.09. The van der Waals surface area contributed by atoms with Crippen molar-refractivity contribution in [2.45, 2.75) is 13.8 Å². The van der Waals surface area contributed by atoms with Crippen LogP contribution in [0, 0.1) is 13.8 Å². The number of carbonyl (C=O) groups excluding carboxylic acids is 1. The van der Waals surface area contributed by atoms with Crippen LogP contribution < -0.4 is 11.1 Å². The molecule has 2 heterocycles. The maximum Gasteiger partial charge on any atom is 0.267 e. The highest BCUT2D eigenvalue weighted by atomic mass is 35.5. The minimum absolute atomic E-state index is 0.242. The number of hydrogen-bond donors (Lipinski definition) is 2. The van der Waals surface area contributed by atoms with Crippen molar-refractivity contribution in [2.24, 2.45) is 0 Å². The summed E-state index contributed by atoms with van der Waals surface area (Å²) in [5.74, 6) is -0.242. The zero-order valence-corrected chi connectivity index (χ0v) is 15.8. The molecule has 2 aromatic carbocycles. The molecule has 2 aromatic heterocycles. The summed E-state index contributed by atoms with van der Waals surface area (Å²) in [6.45, 7) is 3.74. The number of benzene rings is 2. The fraction of sp³-hybridized carbons (Fsp3) is 0.100. The number of pyridine rings is 1. The van der Waals surface area contributed by atoms with Crippen molar-refractivity contribution < 1.29 is 4.79 Å². The lowest BCUT2D eigenvalue weighted by Gasteiger charge is -2.06. The van der Waals surface area contributed by atoms with Gasteiger partial charge in [0.05, 0.1) is 16.4 Å². The van der Waals surface area contributed by atoms with Crippen molar-refractivity contribution in [3.05, 3.63) is 63.6 Å². The van der Waals surface area contributed by atoms with Crippen LogP contribution >= 0.6 is 22.9 Å². The monoisotopic (exact) mass is 381 g/mol. The molecular formula is C20H16ClN3OS. The van der Waals surface area contributed by atoms with Gasteiger partial charge in [0.2, 0.25) is 0 Å². The van der Waals surface area contributed by atoms with Gasteiger partial charge in [-0.1, -0.05) is 41.9 Å². The molecule has 0 bridgehead atoms. The summed E-state index contributed by atoms with van der Waals surface area (Å²) in [4.78, 5) is 18.4.